The molecular weight excluding hydrogens is 164 g/mol. The van der Waals surface area contributed by atoms with Gasteiger partial charge in [0.05, 0.1) is 6.61 Å². The molecule has 1 unspecified atom stereocenters. The van der Waals surface area contributed by atoms with Gasteiger partial charge in [-0.1, -0.05) is 0 Å². The van der Waals surface area contributed by atoms with Crippen LogP contribution in [-0.4, -0.2) is 61.3 Å². The SMILES string of the molecule is CN(C)C1CCCN(CCO)CC1. The van der Waals surface area contributed by atoms with Crippen molar-refractivity contribution in [1.82, 2.24) is 9.80 Å². The van der Waals surface area contributed by atoms with Crippen LogP contribution in [0.2, 0.25) is 0 Å². The Bertz CT molecular complexity index is 139. The molecule has 0 radical (unpaired) electrons. The summed E-state index contributed by atoms with van der Waals surface area (Å²) in [6, 6.07) is 0.740. The van der Waals surface area contributed by atoms with Crippen LogP contribution in [0.15, 0.2) is 0 Å². The predicted octanol–water partition coefficient (Wildman–Crippen LogP) is 0.395. The van der Waals surface area contributed by atoms with E-state index in [1.54, 1.807) is 0 Å². The van der Waals surface area contributed by atoms with E-state index in [0.29, 0.717) is 6.61 Å². The summed E-state index contributed by atoms with van der Waals surface area (Å²) >= 11 is 0. The van der Waals surface area contributed by atoms with Gasteiger partial charge in [0.25, 0.3) is 0 Å². The molecule has 0 saturated carbocycles. The van der Waals surface area contributed by atoms with Crippen molar-refractivity contribution in [2.75, 3.05) is 40.3 Å². The summed E-state index contributed by atoms with van der Waals surface area (Å²) in [4.78, 5) is 4.69. The fourth-order valence-corrected chi connectivity index (χ4v) is 2.02. The van der Waals surface area contributed by atoms with Crippen LogP contribution >= 0.6 is 0 Å². The van der Waals surface area contributed by atoms with Crippen LogP contribution in [-0.2, 0) is 0 Å². The molecule has 0 aromatic rings. The second kappa shape index (κ2) is 5.58. The summed E-state index contributed by atoms with van der Waals surface area (Å²) in [5.41, 5.74) is 0. The largest absolute Gasteiger partial charge is 0.395 e. The minimum absolute atomic E-state index is 0.298. The molecule has 1 N–H and O–H groups in total. The Morgan fingerprint density at radius 2 is 2.08 bits per heavy atom. The molecule has 0 amide bonds. The van der Waals surface area contributed by atoms with Crippen molar-refractivity contribution in [3.05, 3.63) is 0 Å². The van der Waals surface area contributed by atoms with Crippen molar-refractivity contribution in [2.45, 2.75) is 25.3 Å². The molecule has 3 nitrogen and oxygen atoms in total. The number of aliphatic hydroxyl groups excluding tert-OH is 1. The van der Waals surface area contributed by atoms with Crippen molar-refractivity contribution in [2.24, 2.45) is 0 Å². The quantitative estimate of drug-likeness (QED) is 0.691. The number of likely N-dealkylation sites (tertiary alicyclic amines) is 1. The molecule has 0 aliphatic carbocycles. The van der Waals surface area contributed by atoms with E-state index in [9.17, 15) is 0 Å². The molecule has 1 atom stereocenters. The minimum atomic E-state index is 0.298. The number of β-amino-alcohol motifs (C(OH)–C–C–N with tert-alkyl or cyclic N) is 1. The Morgan fingerprint density at radius 3 is 2.69 bits per heavy atom. The highest BCUT2D eigenvalue weighted by molar-refractivity contribution is 4.74. The van der Waals surface area contributed by atoms with Crippen LogP contribution in [0.3, 0.4) is 0 Å². The van der Waals surface area contributed by atoms with E-state index in [1.165, 1.54) is 19.3 Å². The van der Waals surface area contributed by atoms with Gasteiger partial charge in [-0.05, 0) is 46.4 Å². The number of rotatable bonds is 3. The molecule has 0 spiro atoms. The topological polar surface area (TPSA) is 26.7 Å². The van der Waals surface area contributed by atoms with Crippen molar-refractivity contribution < 1.29 is 5.11 Å². The monoisotopic (exact) mass is 186 g/mol. The zero-order valence-corrected chi connectivity index (χ0v) is 8.87. The van der Waals surface area contributed by atoms with E-state index in [4.69, 9.17) is 5.11 Å². The van der Waals surface area contributed by atoms with E-state index in [0.717, 1.165) is 25.7 Å². The average molecular weight is 186 g/mol. The third-order valence-electron chi connectivity index (χ3n) is 2.94. The fourth-order valence-electron chi connectivity index (χ4n) is 2.02. The molecule has 1 rings (SSSR count). The highest BCUT2D eigenvalue weighted by atomic mass is 16.3. The smallest absolute Gasteiger partial charge is 0.0558 e. The Morgan fingerprint density at radius 1 is 1.31 bits per heavy atom. The van der Waals surface area contributed by atoms with Crippen LogP contribution in [0.5, 0.6) is 0 Å². The predicted molar refractivity (Wildman–Crippen MR) is 54.9 cm³/mol. The van der Waals surface area contributed by atoms with Crippen LogP contribution in [0, 0.1) is 0 Å². The summed E-state index contributed by atoms with van der Waals surface area (Å²) in [5.74, 6) is 0. The number of hydrogen-bond acceptors (Lipinski definition) is 3. The van der Waals surface area contributed by atoms with E-state index in [-0.39, 0.29) is 0 Å². The molecule has 0 aromatic carbocycles. The van der Waals surface area contributed by atoms with E-state index in [2.05, 4.69) is 23.9 Å². The third kappa shape index (κ3) is 3.63. The van der Waals surface area contributed by atoms with Gasteiger partial charge in [0, 0.05) is 12.6 Å². The molecule has 78 valence electrons. The Kier molecular flexibility index (Phi) is 4.70. The van der Waals surface area contributed by atoms with E-state index < -0.39 is 0 Å². The van der Waals surface area contributed by atoms with Gasteiger partial charge < -0.3 is 14.9 Å². The van der Waals surface area contributed by atoms with Crippen molar-refractivity contribution >= 4 is 0 Å². The molecule has 13 heavy (non-hydrogen) atoms. The first-order valence-corrected chi connectivity index (χ1v) is 5.23. The van der Waals surface area contributed by atoms with Gasteiger partial charge in [-0.3, -0.25) is 0 Å². The summed E-state index contributed by atoms with van der Waals surface area (Å²) in [6.45, 7) is 3.45. The van der Waals surface area contributed by atoms with Crippen LogP contribution < -0.4 is 0 Å². The van der Waals surface area contributed by atoms with Crippen LogP contribution in [0.25, 0.3) is 0 Å². The number of hydrogen-bond donors (Lipinski definition) is 1. The number of aliphatic hydroxyl groups is 1. The van der Waals surface area contributed by atoms with Gasteiger partial charge in [-0.2, -0.15) is 0 Å². The summed E-state index contributed by atoms with van der Waals surface area (Å²) < 4.78 is 0. The van der Waals surface area contributed by atoms with Crippen molar-refractivity contribution in [3.63, 3.8) is 0 Å². The molecule has 0 aromatic heterocycles. The average Bonchev–Trinajstić information content (AvgIpc) is 2.30. The van der Waals surface area contributed by atoms with Crippen LogP contribution in [0.4, 0.5) is 0 Å². The molecule has 1 heterocycles. The first-order valence-electron chi connectivity index (χ1n) is 5.23. The molecule has 1 saturated heterocycles. The lowest BCUT2D eigenvalue weighted by Crippen LogP contribution is -2.31. The molecule has 1 aliphatic heterocycles. The van der Waals surface area contributed by atoms with Gasteiger partial charge in [-0.15, -0.1) is 0 Å². The lowest BCUT2D eigenvalue weighted by Gasteiger charge is -2.22. The second-order valence-corrected chi connectivity index (χ2v) is 4.11. The first-order chi connectivity index (χ1) is 6.24. The van der Waals surface area contributed by atoms with Gasteiger partial charge in [0.2, 0.25) is 0 Å². The zero-order valence-electron chi connectivity index (χ0n) is 8.87. The maximum absolute atomic E-state index is 8.83. The van der Waals surface area contributed by atoms with E-state index in [1.807, 2.05) is 0 Å². The summed E-state index contributed by atoms with van der Waals surface area (Å²) in [6.07, 6.45) is 3.81. The highest BCUT2D eigenvalue weighted by Gasteiger charge is 2.17. The van der Waals surface area contributed by atoms with E-state index >= 15 is 0 Å². The third-order valence-corrected chi connectivity index (χ3v) is 2.94. The van der Waals surface area contributed by atoms with Crippen molar-refractivity contribution in [3.8, 4) is 0 Å². The van der Waals surface area contributed by atoms with Gasteiger partial charge >= 0.3 is 0 Å². The Hall–Kier alpha value is -0.120. The standard InChI is InChI=1S/C10H22N2O/c1-11(2)10-4-3-6-12(7-5-10)8-9-13/h10,13H,3-9H2,1-2H3. The molecule has 3 heteroatoms. The Labute approximate surface area is 81.3 Å². The number of nitrogens with zero attached hydrogens (tertiary/aromatic N) is 2. The lowest BCUT2D eigenvalue weighted by molar-refractivity contribution is 0.195. The zero-order chi connectivity index (χ0) is 9.68. The maximum Gasteiger partial charge on any atom is 0.0558 e. The van der Waals surface area contributed by atoms with Gasteiger partial charge in [0.15, 0.2) is 0 Å². The second-order valence-electron chi connectivity index (χ2n) is 4.11. The fraction of sp³-hybridized carbons (Fsp3) is 1.00. The summed E-state index contributed by atoms with van der Waals surface area (Å²) in [7, 11) is 4.32. The molecular formula is C10H22N2O. The molecule has 0 bridgehead atoms. The summed E-state index contributed by atoms with van der Waals surface area (Å²) in [5, 5.41) is 8.83. The normalized spacial score (nSPS) is 26.3. The first kappa shape index (κ1) is 11.0. The minimum Gasteiger partial charge on any atom is -0.395 e. The lowest BCUT2D eigenvalue weighted by atomic mass is 10.1. The maximum atomic E-state index is 8.83. The van der Waals surface area contributed by atoms with Crippen molar-refractivity contribution in [1.29, 1.82) is 0 Å². The molecule has 1 aliphatic rings. The Balaban J connectivity index is 2.30. The van der Waals surface area contributed by atoms with Crippen LogP contribution in [0.1, 0.15) is 19.3 Å². The highest BCUT2D eigenvalue weighted by Crippen LogP contribution is 2.13. The molecule has 1 fully saturated rings. The van der Waals surface area contributed by atoms with Gasteiger partial charge in [-0.25, -0.2) is 0 Å². The van der Waals surface area contributed by atoms with Gasteiger partial charge in [0.1, 0.15) is 0 Å².